The molecule has 94 valence electrons. The number of nitrogens with zero attached hydrogens (tertiary/aromatic N) is 1. The number of nitrogen functional groups attached to an aromatic ring is 1. The molecule has 0 fully saturated rings. The van der Waals surface area contributed by atoms with Gasteiger partial charge in [0.25, 0.3) is 0 Å². The average molecular weight is 240 g/mol. The van der Waals surface area contributed by atoms with Crippen molar-refractivity contribution in [2.45, 2.75) is 45.4 Å². The van der Waals surface area contributed by atoms with E-state index in [-0.39, 0.29) is 0 Å². The summed E-state index contributed by atoms with van der Waals surface area (Å²) in [6, 6.07) is 6.52. The Morgan fingerprint density at radius 3 is 2.72 bits per heavy atom. The molecule has 2 aromatic rings. The molecule has 0 saturated heterocycles. The molecule has 0 aliphatic heterocycles. The molecule has 0 unspecified atom stereocenters. The van der Waals surface area contributed by atoms with Gasteiger partial charge in [-0.1, -0.05) is 19.9 Å². The topological polar surface area (TPSA) is 38.9 Å². The van der Waals surface area contributed by atoms with Gasteiger partial charge in [0, 0.05) is 16.8 Å². The summed E-state index contributed by atoms with van der Waals surface area (Å²) in [5.74, 6) is 0.532. The van der Waals surface area contributed by atoms with Crippen molar-refractivity contribution in [2.75, 3.05) is 5.73 Å². The highest BCUT2D eigenvalue weighted by Crippen LogP contribution is 2.32. The van der Waals surface area contributed by atoms with E-state index in [0.29, 0.717) is 5.92 Å². The molecule has 0 bridgehead atoms. The average Bonchev–Trinajstić information content (AvgIpc) is 2.38. The Kier molecular flexibility index (Phi) is 2.73. The molecular weight excluding hydrogens is 220 g/mol. The number of anilines is 1. The first kappa shape index (κ1) is 11.5. The van der Waals surface area contributed by atoms with Gasteiger partial charge in [-0.15, -0.1) is 0 Å². The second-order valence-corrected chi connectivity index (χ2v) is 5.59. The Morgan fingerprint density at radius 2 is 1.94 bits per heavy atom. The Balaban J connectivity index is 2.26. The molecule has 1 aliphatic carbocycles. The number of pyridine rings is 1. The monoisotopic (exact) mass is 240 g/mol. The lowest BCUT2D eigenvalue weighted by Gasteiger charge is -2.19. The molecule has 1 aromatic carbocycles. The number of hydrogen-bond donors (Lipinski definition) is 1. The van der Waals surface area contributed by atoms with Crippen LogP contribution in [0, 0.1) is 0 Å². The lowest BCUT2D eigenvalue weighted by atomic mass is 9.92. The highest BCUT2D eigenvalue weighted by atomic mass is 14.7. The summed E-state index contributed by atoms with van der Waals surface area (Å²) in [5.41, 5.74) is 12.3. The number of aromatic nitrogens is 1. The van der Waals surface area contributed by atoms with Gasteiger partial charge in [-0.05, 0) is 54.9 Å². The van der Waals surface area contributed by atoms with Crippen LogP contribution in [0.2, 0.25) is 0 Å². The van der Waals surface area contributed by atoms with Crippen LogP contribution in [0.15, 0.2) is 18.2 Å². The van der Waals surface area contributed by atoms with Crippen LogP contribution in [-0.2, 0) is 12.8 Å². The largest absolute Gasteiger partial charge is 0.398 e. The first-order chi connectivity index (χ1) is 8.66. The maximum absolute atomic E-state index is 6.37. The third kappa shape index (κ3) is 1.76. The summed E-state index contributed by atoms with van der Waals surface area (Å²) in [7, 11) is 0. The predicted octanol–water partition coefficient (Wildman–Crippen LogP) is 3.82. The van der Waals surface area contributed by atoms with Gasteiger partial charge < -0.3 is 5.73 Å². The van der Waals surface area contributed by atoms with Crippen LogP contribution < -0.4 is 5.73 Å². The number of benzene rings is 1. The van der Waals surface area contributed by atoms with E-state index in [9.17, 15) is 0 Å². The summed E-state index contributed by atoms with van der Waals surface area (Å²) in [6.45, 7) is 4.42. The van der Waals surface area contributed by atoms with Gasteiger partial charge in [0.2, 0.25) is 0 Å². The van der Waals surface area contributed by atoms with E-state index in [1.54, 1.807) is 0 Å². The molecule has 1 aromatic heterocycles. The van der Waals surface area contributed by atoms with Crippen molar-refractivity contribution >= 4 is 16.6 Å². The van der Waals surface area contributed by atoms with Crippen LogP contribution in [0.4, 0.5) is 5.69 Å². The molecule has 0 atom stereocenters. The van der Waals surface area contributed by atoms with E-state index in [4.69, 9.17) is 10.7 Å². The smallest absolute Gasteiger partial charge is 0.0726 e. The van der Waals surface area contributed by atoms with E-state index >= 15 is 0 Å². The van der Waals surface area contributed by atoms with E-state index in [1.807, 2.05) is 0 Å². The second kappa shape index (κ2) is 4.27. The maximum Gasteiger partial charge on any atom is 0.0726 e. The second-order valence-electron chi connectivity index (χ2n) is 5.59. The van der Waals surface area contributed by atoms with Crippen LogP contribution in [-0.4, -0.2) is 4.98 Å². The van der Waals surface area contributed by atoms with Crippen LogP contribution in [0.5, 0.6) is 0 Å². The molecule has 0 spiro atoms. The molecule has 3 rings (SSSR count). The van der Waals surface area contributed by atoms with Gasteiger partial charge in [-0.25, -0.2) is 0 Å². The normalized spacial score (nSPS) is 15.1. The van der Waals surface area contributed by atoms with Crippen molar-refractivity contribution in [3.63, 3.8) is 0 Å². The van der Waals surface area contributed by atoms with Gasteiger partial charge in [0.15, 0.2) is 0 Å². The Bertz CT molecular complexity index is 600. The number of fused-ring (bicyclic) bond motifs is 2. The van der Waals surface area contributed by atoms with Crippen molar-refractivity contribution in [3.05, 3.63) is 35.0 Å². The van der Waals surface area contributed by atoms with E-state index < -0.39 is 0 Å². The lowest BCUT2D eigenvalue weighted by Crippen LogP contribution is -2.09. The molecule has 0 amide bonds. The van der Waals surface area contributed by atoms with Gasteiger partial charge in [0.1, 0.15) is 0 Å². The van der Waals surface area contributed by atoms with Crippen LogP contribution >= 0.6 is 0 Å². The zero-order chi connectivity index (χ0) is 12.7. The summed E-state index contributed by atoms with van der Waals surface area (Å²) >= 11 is 0. The number of nitrogens with two attached hydrogens (primary N) is 1. The van der Waals surface area contributed by atoms with E-state index in [1.165, 1.54) is 29.7 Å². The Hall–Kier alpha value is -1.57. The molecule has 0 saturated carbocycles. The maximum atomic E-state index is 6.37. The van der Waals surface area contributed by atoms with Crippen molar-refractivity contribution in [1.82, 2.24) is 4.98 Å². The van der Waals surface area contributed by atoms with E-state index in [0.717, 1.165) is 29.4 Å². The zero-order valence-electron chi connectivity index (χ0n) is 11.2. The number of rotatable bonds is 1. The molecular formula is C16H20N2. The standard InChI is InChI=1S/C16H20N2/c1-10(2)11-7-8-15-13(9-11)16(17)12-5-3-4-6-14(12)18-15/h7-10H,3-6H2,1-2H3,(H2,17,18). The van der Waals surface area contributed by atoms with Crippen LogP contribution in [0.25, 0.3) is 10.9 Å². The van der Waals surface area contributed by atoms with Crippen LogP contribution in [0.1, 0.15) is 49.4 Å². The molecule has 0 radical (unpaired) electrons. The third-order valence-electron chi connectivity index (χ3n) is 4.00. The van der Waals surface area contributed by atoms with Gasteiger partial charge in [-0.2, -0.15) is 0 Å². The fourth-order valence-corrected chi connectivity index (χ4v) is 2.84. The highest BCUT2D eigenvalue weighted by molar-refractivity contribution is 5.92. The Morgan fingerprint density at radius 1 is 1.17 bits per heavy atom. The SMILES string of the molecule is CC(C)c1ccc2nc3c(c(N)c2c1)CCCC3. The highest BCUT2D eigenvalue weighted by Gasteiger charge is 2.16. The van der Waals surface area contributed by atoms with Gasteiger partial charge in [0.05, 0.1) is 5.52 Å². The molecule has 1 aliphatic rings. The third-order valence-corrected chi connectivity index (χ3v) is 4.00. The summed E-state index contributed by atoms with van der Waals surface area (Å²) in [6.07, 6.45) is 4.67. The lowest BCUT2D eigenvalue weighted by molar-refractivity contribution is 0.673. The summed E-state index contributed by atoms with van der Waals surface area (Å²) < 4.78 is 0. The van der Waals surface area contributed by atoms with Crippen molar-refractivity contribution in [1.29, 1.82) is 0 Å². The van der Waals surface area contributed by atoms with E-state index in [2.05, 4.69) is 32.0 Å². The molecule has 2 heteroatoms. The number of hydrogen-bond acceptors (Lipinski definition) is 2. The summed E-state index contributed by atoms with van der Waals surface area (Å²) in [5, 5.41) is 1.14. The minimum absolute atomic E-state index is 0.532. The molecule has 18 heavy (non-hydrogen) atoms. The summed E-state index contributed by atoms with van der Waals surface area (Å²) in [4.78, 5) is 4.80. The van der Waals surface area contributed by atoms with Gasteiger partial charge >= 0.3 is 0 Å². The van der Waals surface area contributed by atoms with Gasteiger partial charge in [-0.3, -0.25) is 4.98 Å². The predicted molar refractivity (Wildman–Crippen MR) is 76.9 cm³/mol. The number of aryl methyl sites for hydroxylation is 1. The van der Waals surface area contributed by atoms with Crippen LogP contribution in [0.3, 0.4) is 0 Å². The first-order valence-corrected chi connectivity index (χ1v) is 6.87. The minimum Gasteiger partial charge on any atom is -0.398 e. The molecule has 2 nitrogen and oxygen atoms in total. The zero-order valence-corrected chi connectivity index (χ0v) is 11.2. The Labute approximate surface area is 108 Å². The van der Waals surface area contributed by atoms with Crippen molar-refractivity contribution in [3.8, 4) is 0 Å². The fourth-order valence-electron chi connectivity index (χ4n) is 2.84. The molecule has 1 heterocycles. The van der Waals surface area contributed by atoms with Crippen molar-refractivity contribution in [2.24, 2.45) is 0 Å². The minimum atomic E-state index is 0.532. The molecule has 2 N–H and O–H groups in total. The first-order valence-electron chi connectivity index (χ1n) is 6.87. The quantitative estimate of drug-likeness (QED) is 0.823. The fraction of sp³-hybridized carbons (Fsp3) is 0.438. The van der Waals surface area contributed by atoms with Crippen molar-refractivity contribution < 1.29 is 0 Å².